The van der Waals surface area contributed by atoms with Gasteiger partial charge in [0.25, 0.3) is 5.91 Å². The van der Waals surface area contributed by atoms with Crippen LogP contribution in [0.15, 0.2) is 71.5 Å². The van der Waals surface area contributed by atoms with E-state index in [1.807, 2.05) is 24.3 Å². The first kappa shape index (κ1) is 15.8. The molecule has 4 aromatic rings. The number of nitrogens with one attached hydrogen (secondary N) is 2. The summed E-state index contributed by atoms with van der Waals surface area (Å²) >= 11 is 0. The van der Waals surface area contributed by atoms with Gasteiger partial charge < -0.3 is 4.98 Å². The number of amides is 1. The van der Waals surface area contributed by atoms with Gasteiger partial charge in [-0.1, -0.05) is 18.2 Å². The highest BCUT2D eigenvalue weighted by molar-refractivity contribution is 6.03. The number of aromatic amines is 1. The molecule has 0 unspecified atom stereocenters. The Morgan fingerprint density at radius 1 is 1.00 bits per heavy atom. The van der Waals surface area contributed by atoms with E-state index in [2.05, 4.69) is 15.3 Å². The van der Waals surface area contributed by atoms with Crippen LogP contribution in [0.1, 0.15) is 10.5 Å². The molecular weight excluding hydrogens is 335 g/mol. The number of carbonyl (C=O) groups excluding carboxylic acids is 1. The number of hydrogen-bond acceptors (Lipinski definition) is 3. The Morgan fingerprint density at radius 2 is 1.77 bits per heavy atom. The average Bonchev–Trinajstić information content (AvgIpc) is 3.00. The van der Waals surface area contributed by atoms with Gasteiger partial charge in [-0.3, -0.25) is 19.5 Å². The number of nitrogens with zero attached hydrogens (tertiary/aromatic N) is 2. The molecule has 2 aromatic carbocycles. The van der Waals surface area contributed by atoms with E-state index in [0.29, 0.717) is 11.2 Å². The fourth-order valence-corrected chi connectivity index (χ4v) is 2.71. The van der Waals surface area contributed by atoms with Crippen LogP contribution < -0.4 is 10.9 Å². The van der Waals surface area contributed by atoms with E-state index >= 15 is 0 Å². The molecule has 1 amide bonds. The zero-order valence-electron chi connectivity index (χ0n) is 13.4. The first-order valence-corrected chi connectivity index (χ1v) is 7.86. The van der Waals surface area contributed by atoms with Crippen molar-refractivity contribution in [2.45, 2.75) is 0 Å². The standard InChI is InChI=1S/C19H13FN4O2/c20-12-8-10-13(11-9-12)24-16-6-2-1-4-14(16)22-19(24)23-18(26)15-5-3-7-17(25)21-15/h1-11H,(H,21,25)(H,22,23,26). The number of anilines is 1. The van der Waals surface area contributed by atoms with Gasteiger partial charge in [0.1, 0.15) is 11.5 Å². The third-order valence-electron chi connectivity index (χ3n) is 3.88. The van der Waals surface area contributed by atoms with Gasteiger partial charge in [0.15, 0.2) is 0 Å². The van der Waals surface area contributed by atoms with Gasteiger partial charge in [-0.25, -0.2) is 9.37 Å². The van der Waals surface area contributed by atoms with Crippen molar-refractivity contribution in [3.05, 3.63) is 88.6 Å². The molecule has 0 aliphatic heterocycles. The highest BCUT2D eigenvalue weighted by Gasteiger charge is 2.16. The number of para-hydroxylation sites is 2. The van der Waals surface area contributed by atoms with Gasteiger partial charge in [-0.2, -0.15) is 0 Å². The van der Waals surface area contributed by atoms with Crippen LogP contribution in [-0.4, -0.2) is 20.4 Å². The predicted octanol–water partition coefficient (Wildman–Crippen LogP) is 3.11. The van der Waals surface area contributed by atoms with Crippen LogP contribution >= 0.6 is 0 Å². The van der Waals surface area contributed by atoms with Crippen LogP contribution in [0.3, 0.4) is 0 Å². The molecule has 7 heteroatoms. The van der Waals surface area contributed by atoms with E-state index in [4.69, 9.17) is 0 Å². The molecule has 0 aliphatic carbocycles. The number of imidazole rings is 1. The van der Waals surface area contributed by atoms with Gasteiger partial charge in [-0.05, 0) is 42.5 Å². The smallest absolute Gasteiger partial charge is 0.274 e. The maximum atomic E-state index is 13.3. The maximum absolute atomic E-state index is 13.3. The quantitative estimate of drug-likeness (QED) is 0.597. The molecule has 128 valence electrons. The average molecular weight is 348 g/mol. The number of benzene rings is 2. The molecule has 4 rings (SSSR count). The highest BCUT2D eigenvalue weighted by atomic mass is 19.1. The summed E-state index contributed by atoms with van der Waals surface area (Å²) < 4.78 is 15.0. The first-order chi connectivity index (χ1) is 12.6. The number of halogens is 1. The molecule has 0 radical (unpaired) electrons. The normalized spacial score (nSPS) is 10.8. The lowest BCUT2D eigenvalue weighted by atomic mass is 10.2. The number of H-pyrrole nitrogens is 1. The topological polar surface area (TPSA) is 79.8 Å². The van der Waals surface area contributed by atoms with Gasteiger partial charge in [0.05, 0.1) is 11.0 Å². The number of pyridine rings is 1. The van der Waals surface area contributed by atoms with Crippen molar-refractivity contribution in [3.8, 4) is 5.69 Å². The summed E-state index contributed by atoms with van der Waals surface area (Å²) in [7, 11) is 0. The van der Waals surface area contributed by atoms with Gasteiger partial charge in [0, 0.05) is 11.8 Å². The van der Waals surface area contributed by atoms with Crippen LogP contribution in [0, 0.1) is 5.82 Å². The lowest BCUT2D eigenvalue weighted by molar-refractivity contribution is 0.102. The lowest BCUT2D eigenvalue weighted by Crippen LogP contribution is -2.19. The molecule has 0 saturated heterocycles. The SMILES string of the molecule is O=C(Nc1nc2ccccc2n1-c1ccc(F)cc1)c1cccc(=O)[nH]1. The van der Waals surface area contributed by atoms with E-state index in [-0.39, 0.29) is 23.0 Å². The summed E-state index contributed by atoms with van der Waals surface area (Å²) in [6.07, 6.45) is 0. The summed E-state index contributed by atoms with van der Waals surface area (Å²) in [5, 5.41) is 2.71. The lowest BCUT2D eigenvalue weighted by Gasteiger charge is -2.10. The van der Waals surface area contributed by atoms with Gasteiger partial charge in [0.2, 0.25) is 11.5 Å². The molecule has 0 aliphatic rings. The molecule has 0 fully saturated rings. The Labute approximate surface area is 146 Å². The molecular formula is C19H13FN4O2. The molecule has 0 atom stereocenters. The zero-order valence-corrected chi connectivity index (χ0v) is 13.4. The Hall–Kier alpha value is -3.74. The van der Waals surface area contributed by atoms with Crippen molar-refractivity contribution in [2.75, 3.05) is 5.32 Å². The number of aromatic nitrogens is 3. The molecule has 2 N–H and O–H groups in total. The minimum Gasteiger partial charge on any atom is -0.318 e. The molecule has 6 nitrogen and oxygen atoms in total. The maximum Gasteiger partial charge on any atom is 0.274 e. The van der Waals surface area contributed by atoms with Crippen molar-refractivity contribution in [2.24, 2.45) is 0 Å². The van der Waals surface area contributed by atoms with Crippen molar-refractivity contribution in [1.82, 2.24) is 14.5 Å². The second-order valence-electron chi connectivity index (χ2n) is 5.62. The molecule has 2 heterocycles. The van der Waals surface area contributed by atoms with Crippen LogP contribution in [0.2, 0.25) is 0 Å². The van der Waals surface area contributed by atoms with Crippen LogP contribution in [-0.2, 0) is 0 Å². The van der Waals surface area contributed by atoms with E-state index in [1.165, 1.54) is 30.3 Å². The van der Waals surface area contributed by atoms with E-state index in [9.17, 15) is 14.0 Å². The Balaban J connectivity index is 1.82. The monoisotopic (exact) mass is 348 g/mol. The summed E-state index contributed by atoms with van der Waals surface area (Å²) in [5.74, 6) is -0.584. The molecule has 26 heavy (non-hydrogen) atoms. The Morgan fingerprint density at radius 3 is 2.54 bits per heavy atom. The van der Waals surface area contributed by atoms with E-state index < -0.39 is 5.91 Å². The highest BCUT2D eigenvalue weighted by Crippen LogP contribution is 2.25. The summed E-state index contributed by atoms with van der Waals surface area (Å²) in [5.41, 5.74) is 1.83. The number of hydrogen-bond donors (Lipinski definition) is 2. The number of fused-ring (bicyclic) bond motifs is 1. The van der Waals surface area contributed by atoms with Crippen molar-refractivity contribution in [1.29, 1.82) is 0 Å². The fourth-order valence-electron chi connectivity index (χ4n) is 2.71. The predicted molar refractivity (Wildman–Crippen MR) is 96.0 cm³/mol. The van der Waals surface area contributed by atoms with Crippen LogP contribution in [0.25, 0.3) is 16.7 Å². The largest absolute Gasteiger partial charge is 0.318 e. The molecule has 0 bridgehead atoms. The summed E-state index contributed by atoms with van der Waals surface area (Å²) in [6.45, 7) is 0. The minimum atomic E-state index is -0.499. The van der Waals surface area contributed by atoms with Crippen LogP contribution in [0.4, 0.5) is 10.3 Å². The third kappa shape index (κ3) is 2.86. The Bertz CT molecular complexity index is 1160. The van der Waals surface area contributed by atoms with E-state index in [0.717, 1.165) is 5.52 Å². The summed E-state index contributed by atoms with van der Waals surface area (Å²) in [4.78, 5) is 30.8. The van der Waals surface area contributed by atoms with Gasteiger partial charge in [-0.15, -0.1) is 0 Å². The van der Waals surface area contributed by atoms with Crippen LogP contribution in [0.5, 0.6) is 0 Å². The molecule has 2 aromatic heterocycles. The first-order valence-electron chi connectivity index (χ1n) is 7.86. The fraction of sp³-hybridized carbons (Fsp3) is 0. The number of rotatable bonds is 3. The van der Waals surface area contributed by atoms with Crippen molar-refractivity contribution >= 4 is 22.9 Å². The molecule has 0 spiro atoms. The minimum absolute atomic E-state index is 0.121. The van der Waals surface area contributed by atoms with Gasteiger partial charge >= 0.3 is 0 Å². The molecule has 0 saturated carbocycles. The van der Waals surface area contributed by atoms with Crippen molar-refractivity contribution < 1.29 is 9.18 Å². The van der Waals surface area contributed by atoms with Crippen molar-refractivity contribution in [3.63, 3.8) is 0 Å². The zero-order chi connectivity index (χ0) is 18.1. The second kappa shape index (κ2) is 6.29. The third-order valence-corrected chi connectivity index (χ3v) is 3.88. The second-order valence-corrected chi connectivity index (χ2v) is 5.62. The number of carbonyl (C=O) groups is 1. The Kier molecular flexibility index (Phi) is 3.81. The summed E-state index contributed by atoms with van der Waals surface area (Å²) in [6, 6.07) is 17.6. The van der Waals surface area contributed by atoms with E-state index in [1.54, 1.807) is 16.7 Å².